The molecule has 3 N–H and O–H groups in total. The van der Waals surface area contributed by atoms with Crippen LogP contribution in [-0.4, -0.2) is 30.3 Å². The topological polar surface area (TPSA) is 87.3 Å². The van der Waals surface area contributed by atoms with Crippen molar-refractivity contribution < 1.29 is 14.4 Å². The average Bonchev–Trinajstić information content (AvgIpc) is 2.68. The van der Waals surface area contributed by atoms with Gasteiger partial charge in [-0.05, 0) is 61.6 Å². The van der Waals surface area contributed by atoms with Gasteiger partial charge >= 0.3 is 0 Å². The number of hydrogen-bond acceptors (Lipinski definition) is 3. The zero-order chi connectivity index (χ0) is 22.3. The van der Waals surface area contributed by atoms with Crippen molar-refractivity contribution >= 4 is 35.0 Å². The molecule has 1 unspecified atom stereocenters. The molecule has 0 fully saturated rings. The van der Waals surface area contributed by atoms with E-state index >= 15 is 0 Å². The maximum absolute atomic E-state index is 12.7. The zero-order valence-electron chi connectivity index (χ0n) is 17.7. The van der Waals surface area contributed by atoms with Crippen molar-refractivity contribution in [1.29, 1.82) is 0 Å². The van der Waals surface area contributed by atoms with Crippen LogP contribution in [0.2, 0.25) is 5.02 Å². The second-order valence-corrected chi connectivity index (χ2v) is 8.13. The highest BCUT2D eigenvalue weighted by Crippen LogP contribution is 2.19. The van der Waals surface area contributed by atoms with Gasteiger partial charge in [0.1, 0.15) is 6.04 Å². The Balaban J connectivity index is 1.98. The zero-order valence-corrected chi connectivity index (χ0v) is 18.5. The van der Waals surface area contributed by atoms with Crippen LogP contribution in [0.1, 0.15) is 41.8 Å². The van der Waals surface area contributed by atoms with Gasteiger partial charge in [0.05, 0.1) is 6.54 Å². The van der Waals surface area contributed by atoms with Gasteiger partial charge < -0.3 is 16.0 Å². The van der Waals surface area contributed by atoms with E-state index in [2.05, 4.69) is 16.0 Å². The number of aryl methyl sites for hydroxylation is 2. The van der Waals surface area contributed by atoms with Gasteiger partial charge in [0, 0.05) is 16.3 Å². The number of anilines is 1. The lowest BCUT2D eigenvalue weighted by Gasteiger charge is -2.20. The van der Waals surface area contributed by atoms with Crippen molar-refractivity contribution in [3.05, 3.63) is 64.2 Å². The summed E-state index contributed by atoms with van der Waals surface area (Å²) in [4.78, 5) is 37.5. The van der Waals surface area contributed by atoms with Crippen LogP contribution in [0.5, 0.6) is 0 Å². The standard InChI is InChI=1S/C23H28ClN3O3/c1-14(2)12-19(26-22(29)17-8-10-18(24)11-9-17)23(30)25-13-20(28)27-21-15(3)6-5-7-16(21)4/h5-11,14,19H,12-13H2,1-4H3,(H,25,30)(H,26,29)(H,27,28). The summed E-state index contributed by atoms with van der Waals surface area (Å²) >= 11 is 5.86. The molecule has 0 saturated carbocycles. The molecule has 0 saturated heterocycles. The van der Waals surface area contributed by atoms with Crippen molar-refractivity contribution in [2.75, 3.05) is 11.9 Å². The molecule has 0 radical (unpaired) electrons. The lowest BCUT2D eigenvalue weighted by Crippen LogP contribution is -2.49. The van der Waals surface area contributed by atoms with Gasteiger partial charge in [-0.15, -0.1) is 0 Å². The third kappa shape index (κ3) is 6.88. The molecule has 0 aliphatic rings. The van der Waals surface area contributed by atoms with Crippen LogP contribution >= 0.6 is 11.6 Å². The highest BCUT2D eigenvalue weighted by atomic mass is 35.5. The fourth-order valence-corrected chi connectivity index (χ4v) is 3.16. The fourth-order valence-electron chi connectivity index (χ4n) is 3.03. The summed E-state index contributed by atoms with van der Waals surface area (Å²) in [5, 5.41) is 8.73. The minimum atomic E-state index is -0.749. The van der Waals surface area contributed by atoms with Crippen LogP contribution in [0.3, 0.4) is 0 Å². The van der Waals surface area contributed by atoms with Crippen LogP contribution in [0.25, 0.3) is 0 Å². The van der Waals surface area contributed by atoms with Crippen molar-refractivity contribution in [3.8, 4) is 0 Å². The Morgan fingerprint density at radius 2 is 1.57 bits per heavy atom. The summed E-state index contributed by atoms with van der Waals surface area (Å²) in [6.07, 6.45) is 0.448. The fraction of sp³-hybridized carbons (Fsp3) is 0.348. The van der Waals surface area contributed by atoms with E-state index in [1.165, 1.54) is 0 Å². The van der Waals surface area contributed by atoms with Crippen LogP contribution < -0.4 is 16.0 Å². The first-order chi connectivity index (χ1) is 14.2. The lowest BCUT2D eigenvalue weighted by molar-refractivity contribution is -0.125. The number of benzene rings is 2. The quantitative estimate of drug-likeness (QED) is 0.595. The Bertz CT molecular complexity index is 890. The first-order valence-electron chi connectivity index (χ1n) is 9.87. The van der Waals surface area contributed by atoms with Crippen molar-refractivity contribution in [3.63, 3.8) is 0 Å². The number of halogens is 1. The summed E-state index contributed by atoms with van der Waals surface area (Å²) in [6, 6.07) is 11.4. The largest absolute Gasteiger partial charge is 0.345 e. The third-order valence-electron chi connectivity index (χ3n) is 4.60. The molecule has 7 heteroatoms. The van der Waals surface area contributed by atoms with Crippen LogP contribution in [0, 0.1) is 19.8 Å². The Kier molecular flexibility index (Phi) is 8.42. The number of carbonyl (C=O) groups excluding carboxylic acids is 3. The Morgan fingerprint density at radius 3 is 2.13 bits per heavy atom. The number of para-hydroxylation sites is 1. The van der Waals surface area contributed by atoms with E-state index in [1.807, 2.05) is 45.9 Å². The predicted octanol–water partition coefficient (Wildman–Crippen LogP) is 3.86. The molecule has 0 aliphatic heterocycles. The van der Waals surface area contributed by atoms with Crippen molar-refractivity contribution in [2.24, 2.45) is 5.92 Å². The monoisotopic (exact) mass is 429 g/mol. The molecule has 6 nitrogen and oxygen atoms in total. The van der Waals surface area contributed by atoms with E-state index in [-0.39, 0.29) is 24.3 Å². The Hall–Kier alpha value is -2.86. The maximum atomic E-state index is 12.7. The summed E-state index contributed by atoms with van der Waals surface area (Å²) < 4.78 is 0. The predicted molar refractivity (Wildman–Crippen MR) is 120 cm³/mol. The molecule has 30 heavy (non-hydrogen) atoms. The number of nitrogens with one attached hydrogen (secondary N) is 3. The molecule has 0 bridgehead atoms. The first kappa shape index (κ1) is 23.4. The van der Waals surface area contributed by atoms with E-state index in [0.717, 1.165) is 16.8 Å². The summed E-state index contributed by atoms with van der Waals surface area (Å²) in [7, 11) is 0. The molecule has 0 aromatic heterocycles. The third-order valence-corrected chi connectivity index (χ3v) is 4.86. The molecule has 1 atom stereocenters. The van der Waals surface area contributed by atoms with Gasteiger partial charge in [-0.1, -0.05) is 43.6 Å². The lowest BCUT2D eigenvalue weighted by atomic mass is 10.0. The number of amides is 3. The van der Waals surface area contributed by atoms with Gasteiger partial charge in [-0.3, -0.25) is 14.4 Å². The molecule has 0 heterocycles. The van der Waals surface area contributed by atoms with E-state index in [1.54, 1.807) is 24.3 Å². The molecule has 2 aromatic rings. The van der Waals surface area contributed by atoms with E-state index in [4.69, 9.17) is 11.6 Å². The first-order valence-corrected chi connectivity index (χ1v) is 10.3. The molecule has 2 aromatic carbocycles. The smallest absolute Gasteiger partial charge is 0.251 e. The highest BCUT2D eigenvalue weighted by molar-refractivity contribution is 6.30. The maximum Gasteiger partial charge on any atom is 0.251 e. The van der Waals surface area contributed by atoms with Gasteiger partial charge in [-0.25, -0.2) is 0 Å². The molecular weight excluding hydrogens is 402 g/mol. The van der Waals surface area contributed by atoms with Crippen molar-refractivity contribution in [1.82, 2.24) is 10.6 Å². The van der Waals surface area contributed by atoms with Crippen LogP contribution in [0.15, 0.2) is 42.5 Å². The van der Waals surface area contributed by atoms with Crippen LogP contribution in [0.4, 0.5) is 5.69 Å². The average molecular weight is 430 g/mol. The molecule has 0 aliphatic carbocycles. The van der Waals surface area contributed by atoms with Gasteiger partial charge in [0.2, 0.25) is 11.8 Å². The molecule has 0 spiro atoms. The minimum absolute atomic E-state index is 0.176. The second kappa shape index (κ2) is 10.8. The van der Waals surface area contributed by atoms with Gasteiger partial charge in [-0.2, -0.15) is 0 Å². The normalized spacial score (nSPS) is 11.7. The molecule has 3 amide bonds. The Labute approximate surface area is 182 Å². The van der Waals surface area contributed by atoms with Crippen molar-refractivity contribution in [2.45, 2.75) is 40.2 Å². The number of carbonyl (C=O) groups is 3. The SMILES string of the molecule is Cc1cccc(C)c1NC(=O)CNC(=O)C(CC(C)C)NC(=O)c1ccc(Cl)cc1. The van der Waals surface area contributed by atoms with Gasteiger partial charge in [0.25, 0.3) is 5.91 Å². The molecule has 2 rings (SSSR count). The highest BCUT2D eigenvalue weighted by Gasteiger charge is 2.23. The summed E-state index contributed by atoms with van der Waals surface area (Å²) in [5.41, 5.74) is 3.05. The number of hydrogen-bond donors (Lipinski definition) is 3. The van der Waals surface area contributed by atoms with E-state index < -0.39 is 11.9 Å². The van der Waals surface area contributed by atoms with E-state index in [0.29, 0.717) is 17.0 Å². The summed E-state index contributed by atoms with van der Waals surface area (Å²) in [6.45, 7) is 7.56. The number of rotatable bonds is 8. The van der Waals surface area contributed by atoms with Gasteiger partial charge in [0.15, 0.2) is 0 Å². The molecule has 160 valence electrons. The van der Waals surface area contributed by atoms with Crippen LogP contribution in [-0.2, 0) is 9.59 Å². The van der Waals surface area contributed by atoms with E-state index in [9.17, 15) is 14.4 Å². The Morgan fingerprint density at radius 1 is 0.967 bits per heavy atom. The summed E-state index contributed by atoms with van der Waals surface area (Å²) in [5.74, 6) is -0.919. The minimum Gasteiger partial charge on any atom is -0.345 e. The second-order valence-electron chi connectivity index (χ2n) is 7.70. The molecular formula is C23H28ClN3O3.